The lowest BCUT2D eigenvalue weighted by Gasteiger charge is -2.19. The van der Waals surface area contributed by atoms with Gasteiger partial charge in [0.05, 0.1) is 6.67 Å². The molecule has 6 heteroatoms. The molecule has 1 aliphatic heterocycles. The van der Waals surface area contributed by atoms with Crippen molar-refractivity contribution >= 4 is 12.1 Å². The molecule has 0 atom stereocenters. The van der Waals surface area contributed by atoms with Crippen molar-refractivity contribution in [2.75, 3.05) is 32.8 Å². The van der Waals surface area contributed by atoms with E-state index in [9.17, 15) is 9.59 Å². The smallest absolute Gasteiger partial charge is 0.318 e. The minimum Gasteiger partial charge on any atom is -0.338 e. The summed E-state index contributed by atoms with van der Waals surface area (Å²) >= 11 is 0. The van der Waals surface area contributed by atoms with Crippen LogP contribution in [0.4, 0.5) is 9.59 Å². The SMILES string of the molecule is CC(C)CCNC(=O)N1CCN(C(=O)NCCC(C)C)C1. The van der Waals surface area contributed by atoms with Crippen molar-refractivity contribution in [1.29, 1.82) is 0 Å². The molecule has 21 heavy (non-hydrogen) atoms. The molecule has 0 unspecified atom stereocenters. The zero-order valence-electron chi connectivity index (χ0n) is 13.8. The van der Waals surface area contributed by atoms with Crippen LogP contribution in [0.1, 0.15) is 40.5 Å². The molecule has 1 rings (SSSR count). The van der Waals surface area contributed by atoms with Gasteiger partial charge in [-0.2, -0.15) is 0 Å². The van der Waals surface area contributed by atoms with E-state index >= 15 is 0 Å². The number of carbonyl (C=O) groups excluding carboxylic acids is 2. The van der Waals surface area contributed by atoms with Crippen LogP contribution in [0.2, 0.25) is 0 Å². The Kier molecular flexibility index (Phi) is 7.32. The zero-order chi connectivity index (χ0) is 15.8. The quantitative estimate of drug-likeness (QED) is 0.788. The Balaban J connectivity index is 2.24. The molecule has 122 valence electrons. The maximum atomic E-state index is 12.0. The second kappa shape index (κ2) is 8.74. The van der Waals surface area contributed by atoms with Crippen LogP contribution in [0.25, 0.3) is 0 Å². The predicted octanol–water partition coefficient (Wildman–Crippen LogP) is 2.07. The number of nitrogens with zero attached hydrogens (tertiary/aromatic N) is 2. The molecule has 0 aromatic heterocycles. The molecule has 0 saturated carbocycles. The summed E-state index contributed by atoms with van der Waals surface area (Å²) in [4.78, 5) is 27.3. The van der Waals surface area contributed by atoms with Gasteiger partial charge in [0.25, 0.3) is 0 Å². The molecule has 0 spiro atoms. The van der Waals surface area contributed by atoms with Crippen LogP contribution in [0.3, 0.4) is 0 Å². The van der Waals surface area contributed by atoms with E-state index in [2.05, 4.69) is 38.3 Å². The third-order valence-electron chi connectivity index (χ3n) is 3.55. The number of urea groups is 2. The largest absolute Gasteiger partial charge is 0.338 e. The second-order valence-electron chi connectivity index (χ2n) is 6.50. The van der Waals surface area contributed by atoms with Gasteiger partial charge in [-0.05, 0) is 24.7 Å². The molecule has 1 fully saturated rings. The Morgan fingerprint density at radius 1 is 0.857 bits per heavy atom. The number of rotatable bonds is 6. The average Bonchev–Trinajstić information content (AvgIpc) is 2.87. The Morgan fingerprint density at radius 2 is 1.24 bits per heavy atom. The minimum atomic E-state index is -0.0758. The summed E-state index contributed by atoms with van der Waals surface area (Å²) in [6.45, 7) is 11.5. The van der Waals surface area contributed by atoms with Crippen LogP contribution in [0.15, 0.2) is 0 Å². The van der Waals surface area contributed by atoms with E-state index in [0.717, 1.165) is 12.8 Å². The fraction of sp³-hybridized carbons (Fsp3) is 0.867. The van der Waals surface area contributed by atoms with E-state index < -0.39 is 0 Å². The number of carbonyl (C=O) groups is 2. The molecule has 0 radical (unpaired) electrons. The van der Waals surface area contributed by atoms with Crippen molar-refractivity contribution in [1.82, 2.24) is 20.4 Å². The Bertz CT molecular complexity index is 313. The van der Waals surface area contributed by atoms with Gasteiger partial charge >= 0.3 is 12.1 Å². The highest BCUT2D eigenvalue weighted by Crippen LogP contribution is 2.06. The van der Waals surface area contributed by atoms with Crippen molar-refractivity contribution in [2.24, 2.45) is 11.8 Å². The van der Waals surface area contributed by atoms with Gasteiger partial charge in [0.1, 0.15) is 0 Å². The summed E-state index contributed by atoms with van der Waals surface area (Å²) in [5.41, 5.74) is 0. The molecule has 4 amide bonds. The first kappa shape index (κ1) is 17.6. The van der Waals surface area contributed by atoms with Gasteiger partial charge in [-0.25, -0.2) is 9.59 Å². The maximum absolute atomic E-state index is 12.0. The second-order valence-corrected chi connectivity index (χ2v) is 6.50. The Hall–Kier alpha value is -1.46. The Labute approximate surface area is 128 Å². The molecule has 1 saturated heterocycles. The van der Waals surface area contributed by atoms with Crippen LogP contribution in [-0.4, -0.2) is 54.7 Å². The van der Waals surface area contributed by atoms with Crippen molar-refractivity contribution in [3.05, 3.63) is 0 Å². The third-order valence-corrected chi connectivity index (χ3v) is 3.55. The first-order valence-electron chi connectivity index (χ1n) is 7.95. The lowest BCUT2D eigenvalue weighted by molar-refractivity contribution is 0.187. The summed E-state index contributed by atoms with van der Waals surface area (Å²) in [6.07, 6.45) is 1.94. The zero-order valence-corrected chi connectivity index (χ0v) is 13.8. The summed E-state index contributed by atoms with van der Waals surface area (Å²) in [5.74, 6) is 1.15. The van der Waals surface area contributed by atoms with Gasteiger partial charge in [0.2, 0.25) is 0 Å². The third kappa shape index (κ3) is 6.69. The summed E-state index contributed by atoms with van der Waals surface area (Å²) < 4.78 is 0. The average molecular weight is 298 g/mol. The van der Waals surface area contributed by atoms with E-state index in [4.69, 9.17) is 0 Å². The lowest BCUT2D eigenvalue weighted by Crippen LogP contribution is -2.43. The summed E-state index contributed by atoms with van der Waals surface area (Å²) in [5, 5.41) is 5.80. The minimum absolute atomic E-state index is 0.0758. The number of amides is 4. The van der Waals surface area contributed by atoms with E-state index in [1.165, 1.54) is 0 Å². The first-order valence-corrected chi connectivity index (χ1v) is 7.95. The number of hydrogen-bond donors (Lipinski definition) is 2. The fourth-order valence-electron chi connectivity index (χ4n) is 2.08. The van der Waals surface area contributed by atoms with Crippen LogP contribution >= 0.6 is 0 Å². The molecule has 0 aromatic carbocycles. The number of hydrogen-bond acceptors (Lipinski definition) is 2. The molecule has 2 N–H and O–H groups in total. The van der Waals surface area contributed by atoms with Gasteiger partial charge in [-0.3, -0.25) is 0 Å². The van der Waals surface area contributed by atoms with Crippen LogP contribution in [0.5, 0.6) is 0 Å². The molecular weight excluding hydrogens is 268 g/mol. The normalized spacial score (nSPS) is 15.0. The predicted molar refractivity (Wildman–Crippen MR) is 84.0 cm³/mol. The van der Waals surface area contributed by atoms with Gasteiger partial charge in [-0.1, -0.05) is 27.7 Å². The number of nitrogens with one attached hydrogen (secondary N) is 2. The lowest BCUT2D eigenvalue weighted by atomic mass is 10.1. The Morgan fingerprint density at radius 3 is 1.57 bits per heavy atom. The van der Waals surface area contributed by atoms with E-state index in [1.54, 1.807) is 9.80 Å². The van der Waals surface area contributed by atoms with Gasteiger partial charge in [0.15, 0.2) is 0 Å². The van der Waals surface area contributed by atoms with E-state index in [-0.39, 0.29) is 12.1 Å². The van der Waals surface area contributed by atoms with Crippen molar-refractivity contribution in [3.8, 4) is 0 Å². The van der Waals surface area contributed by atoms with Crippen molar-refractivity contribution in [3.63, 3.8) is 0 Å². The molecule has 0 aromatic rings. The molecule has 1 aliphatic rings. The molecule has 6 nitrogen and oxygen atoms in total. The van der Waals surface area contributed by atoms with Crippen LogP contribution in [-0.2, 0) is 0 Å². The van der Waals surface area contributed by atoms with Crippen LogP contribution in [0, 0.1) is 11.8 Å². The highest BCUT2D eigenvalue weighted by molar-refractivity contribution is 5.78. The standard InChI is InChI=1S/C15H30N4O2/c1-12(2)5-7-16-14(20)18-9-10-19(11-18)15(21)17-8-6-13(3)4/h12-13H,5-11H2,1-4H3,(H,16,20)(H,17,21). The molecule has 1 heterocycles. The topological polar surface area (TPSA) is 64.7 Å². The van der Waals surface area contributed by atoms with Gasteiger partial charge < -0.3 is 20.4 Å². The highest BCUT2D eigenvalue weighted by atomic mass is 16.2. The van der Waals surface area contributed by atoms with E-state index in [0.29, 0.717) is 44.7 Å². The molecule has 0 aliphatic carbocycles. The summed E-state index contributed by atoms with van der Waals surface area (Å²) in [7, 11) is 0. The fourth-order valence-corrected chi connectivity index (χ4v) is 2.08. The first-order chi connectivity index (χ1) is 9.90. The maximum Gasteiger partial charge on any atom is 0.318 e. The molecular formula is C15H30N4O2. The monoisotopic (exact) mass is 298 g/mol. The van der Waals surface area contributed by atoms with Gasteiger partial charge in [-0.15, -0.1) is 0 Å². The van der Waals surface area contributed by atoms with Crippen molar-refractivity contribution < 1.29 is 9.59 Å². The molecule has 0 bridgehead atoms. The van der Waals surface area contributed by atoms with Crippen molar-refractivity contribution in [2.45, 2.75) is 40.5 Å². The van der Waals surface area contributed by atoms with Crippen LogP contribution < -0.4 is 10.6 Å². The van der Waals surface area contributed by atoms with Gasteiger partial charge in [0, 0.05) is 26.2 Å². The van der Waals surface area contributed by atoms with E-state index in [1.807, 2.05) is 0 Å². The summed E-state index contributed by atoms with van der Waals surface area (Å²) in [6, 6.07) is -0.152. The highest BCUT2D eigenvalue weighted by Gasteiger charge is 2.27.